The van der Waals surface area contributed by atoms with Crippen LogP contribution in [0.25, 0.3) is 11.0 Å². The number of hydrogen-bond acceptors (Lipinski definition) is 5. The first kappa shape index (κ1) is 14.4. The van der Waals surface area contributed by atoms with Gasteiger partial charge >= 0.3 is 0 Å². The van der Waals surface area contributed by atoms with E-state index in [1.807, 2.05) is 17.8 Å². The first-order chi connectivity index (χ1) is 11.7. The summed E-state index contributed by atoms with van der Waals surface area (Å²) in [4.78, 5) is 8.52. The standard InChI is InChI=1S/C17H17N7/c1-11-3-5-13(6-4-11)8-24-9-14(7-20-24)21-17-16-15(18-10-19-17)12(2)22-23-16/h3-7,9-10H,8H2,1-2H3,(H,22,23)(H,18,19,21). The average Bonchev–Trinajstić information content (AvgIpc) is 3.18. The molecule has 0 amide bonds. The minimum Gasteiger partial charge on any atom is -0.336 e. The molecule has 4 rings (SSSR count). The molecule has 0 spiro atoms. The van der Waals surface area contributed by atoms with Gasteiger partial charge in [-0.1, -0.05) is 29.8 Å². The predicted octanol–water partition coefficient (Wildman–Crippen LogP) is 2.96. The molecular formula is C17H17N7. The Balaban J connectivity index is 1.55. The third-order valence-electron chi connectivity index (χ3n) is 3.87. The van der Waals surface area contributed by atoms with Crippen molar-refractivity contribution in [1.29, 1.82) is 0 Å². The van der Waals surface area contributed by atoms with Crippen molar-refractivity contribution in [1.82, 2.24) is 29.9 Å². The highest BCUT2D eigenvalue weighted by Gasteiger charge is 2.10. The first-order valence-corrected chi connectivity index (χ1v) is 7.70. The number of benzene rings is 1. The average molecular weight is 319 g/mol. The molecule has 3 aromatic heterocycles. The van der Waals surface area contributed by atoms with Crippen LogP contribution in [-0.4, -0.2) is 29.9 Å². The highest BCUT2D eigenvalue weighted by molar-refractivity contribution is 5.88. The molecule has 4 aromatic rings. The van der Waals surface area contributed by atoms with Crippen LogP contribution in [-0.2, 0) is 6.54 Å². The molecule has 0 bridgehead atoms. The topological polar surface area (TPSA) is 84.3 Å². The Morgan fingerprint density at radius 3 is 2.75 bits per heavy atom. The second kappa shape index (κ2) is 5.77. The van der Waals surface area contributed by atoms with E-state index in [1.54, 1.807) is 6.20 Å². The smallest absolute Gasteiger partial charge is 0.162 e. The quantitative estimate of drug-likeness (QED) is 0.604. The van der Waals surface area contributed by atoms with Crippen LogP contribution in [0, 0.1) is 13.8 Å². The van der Waals surface area contributed by atoms with Gasteiger partial charge in [0.2, 0.25) is 0 Å². The summed E-state index contributed by atoms with van der Waals surface area (Å²) in [5.74, 6) is 0.666. The Labute approximate surface area is 138 Å². The Hall–Kier alpha value is -3.22. The van der Waals surface area contributed by atoms with Crippen LogP contribution in [0.2, 0.25) is 0 Å². The van der Waals surface area contributed by atoms with Gasteiger partial charge in [-0.3, -0.25) is 9.78 Å². The molecular weight excluding hydrogens is 302 g/mol. The number of anilines is 2. The van der Waals surface area contributed by atoms with Crippen molar-refractivity contribution in [2.45, 2.75) is 20.4 Å². The SMILES string of the molecule is Cc1ccc(Cn2cc(Nc3ncnc4c(C)[nH]nc34)cn2)cc1. The molecule has 7 heteroatoms. The fourth-order valence-electron chi connectivity index (χ4n) is 2.58. The zero-order valence-electron chi connectivity index (χ0n) is 13.5. The van der Waals surface area contributed by atoms with Crippen molar-refractivity contribution in [2.75, 3.05) is 5.32 Å². The lowest BCUT2D eigenvalue weighted by molar-refractivity contribution is 0.687. The lowest BCUT2D eigenvalue weighted by Gasteiger charge is -2.03. The number of aryl methyl sites for hydroxylation is 2. The highest BCUT2D eigenvalue weighted by Crippen LogP contribution is 2.22. The molecule has 0 aliphatic rings. The van der Waals surface area contributed by atoms with Crippen LogP contribution in [0.5, 0.6) is 0 Å². The minimum atomic E-state index is 0.666. The summed E-state index contributed by atoms with van der Waals surface area (Å²) in [5.41, 5.74) is 5.79. The maximum absolute atomic E-state index is 4.40. The van der Waals surface area contributed by atoms with E-state index in [9.17, 15) is 0 Å². The van der Waals surface area contributed by atoms with Gasteiger partial charge in [-0.15, -0.1) is 0 Å². The van der Waals surface area contributed by atoms with Crippen LogP contribution in [0.4, 0.5) is 11.5 Å². The van der Waals surface area contributed by atoms with E-state index in [0.717, 1.165) is 29.0 Å². The van der Waals surface area contributed by atoms with Crippen LogP contribution in [0.3, 0.4) is 0 Å². The molecule has 0 atom stereocenters. The van der Waals surface area contributed by atoms with E-state index in [0.29, 0.717) is 5.82 Å². The monoisotopic (exact) mass is 319 g/mol. The van der Waals surface area contributed by atoms with Gasteiger partial charge in [0, 0.05) is 6.20 Å². The molecule has 24 heavy (non-hydrogen) atoms. The van der Waals surface area contributed by atoms with Gasteiger partial charge in [0.1, 0.15) is 11.8 Å². The predicted molar refractivity (Wildman–Crippen MR) is 92.2 cm³/mol. The molecule has 3 heterocycles. The molecule has 2 N–H and O–H groups in total. The van der Waals surface area contributed by atoms with E-state index in [-0.39, 0.29) is 0 Å². The summed E-state index contributed by atoms with van der Waals surface area (Å²) in [7, 11) is 0. The zero-order chi connectivity index (χ0) is 16.5. The molecule has 1 aromatic carbocycles. The zero-order valence-corrected chi connectivity index (χ0v) is 13.5. The summed E-state index contributed by atoms with van der Waals surface area (Å²) in [6, 6.07) is 8.44. The van der Waals surface area contributed by atoms with Crippen LogP contribution < -0.4 is 5.32 Å². The number of H-pyrrole nitrogens is 1. The van der Waals surface area contributed by atoms with Crippen molar-refractivity contribution in [3.8, 4) is 0 Å². The van der Waals surface area contributed by atoms with Gasteiger partial charge in [-0.05, 0) is 19.4 Å². The van der Waals surface area contributed by atoms with E-state index in [2.05, 4.69) is 61.8 Å². The van der Waals surface area contributed by atoms with Crippen molar-refractivity contribution in [2.24, 2.45) is 0 Å². The van der Waals surface area contributed by atoms with Gasteiger partial charge < -0.3 is 5.32 Å². The van der Waals surface area contributed by atoms with E-state index >= 15 is 0 Å². The number of hydrogen-bond donors (Lipinski definition) is 2. The third kappa shape index (κ3) is 2.71. The van der Waals surface area contributed by atoms with Gasteiger partial charge in [0.05, 0.1) is 24.1 Å². The molecule has 0 saturated carbocycles. The van der Waals surface area contributed by atoms with Crippen molar-refractivity contribution in [3.05, 3.63) is 59.8 Å². The van der Waals surface area contributed by atoms with Crippen LogP contribution in [0.1, 0.15) is 16.8 Å². The maximum atomic E-state index is 4.40. The van der Waals surface area contributed by atoms with E-state index < -0.39 is 0 Å². The normalized spacial score (nSPS) is 11.1. The summed E-state index contributed by atoms with van der Waals surface area (Å²) >= 11 is 0. The second-order valence-corrected chi connectivity index (χ2v) is 5.81. The molecule has 7 nitrogen and oxygen atoms in total. The number of aromatic amines is 1. The Morgan fingerprint density at radius 1 is 1.08 bits per heavy atom. The third-order valence-corrected chi connectivity index (χ3v) is 3.87. The number of rotatable bonds is 4. The van der Waals surface area contributed by atoms with Crippen LogP contribution >= 0.6 is 0 Å². The number of nitrogens with zero attached hydrogens (tertiary/aromatic N) is 5. The Kier molecular flexibility index (Phi) is 3.45. The molecule has 0 aliphatic carbocycles. The van der Waals surface area contributed by atoms with Gasteiger partial charge in [-0.2, -0.15) is 10.2 Å². The molecule has 0 saturated heterocycles. The van der Waals surface area contributed by atoms with E-state index in [4.69, 9.17) is 0 Å². The van der Waals surface area contributed by atoms with Gasteiger partial charge in [-0.25, -0.2) is 9.97 Å². The lowest BCUT2D eigenvalue weighted by atomic mass is 10.1. The fraction of sp³-hybridized carbons (Fsp3) is 0.176. The first-order valence-electron chi connectivity index (χ1n) is 7.70. The molecule has 0 fully saturated rings. The van der Waals surface area contributed by atoms with Gasteiger partial charge in [0.25, 0.3) is 0 Å². The lowest BCUT2D eigenvalue weighted by Crippen LogP contribution is -2.00. The number of nitrogens with one attached hydrogen (secondary N) is 2. The summed E-state index contributed by atoms with van der Waals surface area (Å²) < 4.78 is 1.89. The van der Waals surface area contributed by atoms with Crippen molar-refractivity contribution < 1.29 is 0 Å². The minimum absolute atomic E-state index is 0.666. The summed E-state index contributed by atoms with van der Waals surface area (Å²) in [6.45, 7) is 4.74. The van der Waals surface area contributed by atoms with Gasteiger partial charge in [0.15, 0.2) is 11.3 Å². The second-order valence-electron chi connectivity index (χ2n) is 5.81. The summed E-state index contributed by atoms with van der Waals surface area (Å²) in [6.07, 6.45) is 5.26. The molecule has 120 valence electrons. The molecule has 0 radical (unpaired) electrons. The highest BCUT2D eigenvalue weighted by atomic mass is 15.3. The van der Waals surface area contributed by atoms with Crippen molar-refractivity contribution >= 4 is 22.5 Å². The fourth-order valence-corrected chi connectivity index (χ4v) is 2.58. The van der Waals surface area contributed by atoms with Crippen LogP contribution in [0.15, 0.2) is 43.0 Å². The molecule has 0 aliphatic heterocycles. The van der Waals surface area contributed by atoms with E-state index in [1.165, 1.54) is 17.5 Å². The summed E-state index contributed by atoms with van der Waals surface area (Å²) in [5, 5.41) is 14.8. The Bertz CT molecular complexity index is 982. The Morgan fingerprint density at radius 2 is 1.92 bits per heavy atom. The van der Waals surface area contributed by atoms with Crippen molar-refractivity contribution in [3.63, 3.8) is 0 Å². The number of aromatic nitrogens is 6. The number of fused-ring (bicyclic) bond motifs is 1. The largest absolute Gasteiger partial charge is 0.336 e. The maximum Gasteiger partial charge on any atom is 0.162 e. The molecule has 0 unspecified atom stereocenters.